The number of benzene rings is 2. The number of unbranched alkanes of at least 4 members (excludes halogenated alkanes) is 5. The predicted molar refractivity (Wildman–Crippen MR) is 126 cm³/mol. The molecule has 6 heteroatoms. The van der Waals surface area contributed by atoms with Crippen LogP contribution < -0.4 is 10.6 Å². The highest BCUT2D eigenvalue weighted by Crippen LogP contribution is 2.15. The number of phenolic OH excluding ortho intramolecular Hbond substituents is 2. The van der Waals surface area contributed by atoms with Gasteiger partial charge in [0.1, 0.15) is 11.5 Å². The second-order valence-electron chi connectivity index (χ2n) is 7.46. The first-order chi connectivity index (χ1) is 14.9. The Morgan fingerprint density at radius 2 is 1.03 bits per heavy atom. The zero-order valence-corrected chi connectivity index (χ0v) is 18.7. The molecule has 6 nitrogen and oxygen atoms in total. The molecule has 0 aliphatic rings. The number of rotatable bonds is 11. The molecule has 0 spiro atoms. The summed E-state index contributed by atoms with van der Waals surface area (Å²) in [5, 5.41) is 23.6. The monoisotopic (exact) mass is 428 g/mol. The summed E-state index contributed by atoms with van der Waals surface area (Å²) in [6.45, 7) is 4.15. The fourth-order valence-electron chi connectivity index (χ4n) is 2.83. The fraction of sp³-hybridized carbons (Fsp3) is 0.440. The number of aromatic hydroxyl groups is 2. The summed E-state index contributed by atoms with van der Waals surface area (Å²) in [5.74, 6) is 0.474. The third kappa shape index (κ3) is 13.0. The van der Waals surface area contributed by atoms with E-state index < -0.39 is 0 Å². The van der Waals surface area contributed by atoms with Gasteiger partial charge in [0.2, 0.25) is 11.8 Å². The van der Waals surface area contributed by atoms with Crippen molar-refractivity contribution in [2.24, 2.45) is 0 Å². The molecule has 0 fully saturated rings. The third-order valence-electron chi connectivity index (χ3n) is 4.54. The number of carbonyl (C=O) groups is 2. The molecule has 0 bridgehead atoms. The highest BCUT2D eigenvalue weighted by molar-refractivity contribution is 5.91. The predicted octanol–water partition coefficient (Wildman–Crippen LogP) is 6.21. The Morgan fingerprint density at radius 1 is 0.613 bits per heavy atom. The minimum atomic E-state index is 0.00758. The van der Waals surface area contributed by atoms with Crippen LogP contribution in [-0.4, -0.2) is 22.0 Å². The molecule has 0 atom stereocenters. The lowest BCUT2D eigenvalue weighted by molar-refractivity contribution is -0.117. The summed E-state index contributed by atoms with van der Waals surface area (Å²) in [4.78, 5) is 22.7. The Morgan fingerprint density at radius 3 is 1.48 bits per heavy atom. The molecule has 170 valence electrons. The quantitative estimate of drug-likeness (QED) is 0.252. The molecule has 0 saturated heterocycles. The van der Waals surface area contributed by atoms with Crippen molar-refractivity contribution < 1.29 is 19.8 Å². The van der Waals surface area contributed by atoms with Crippen LogP contribution in [0, 0.1) is 0 Å². The molecule has 0 unspecified atom stereocenters. The van der Waals surface area contributed by atoms with Gasteiger partial charge in [-0.25, -0.2) is 0 Å². The van der Waals surface area contributed by atoms with Gasteiger partial charge in [0, 0.05) is 24.2 Å². The van der Waals surface area contributed by atoms with E-state index in [0.29, 0.717) is 12.8 Å². The highest BCUT2D eigenvalue weighted by Gasteiger charge is 2.02. The van der Waals surface area contributed by atoms with Gasteiger partial charge < -0.3 is 20.8 Å². The van der Waals surface area contributed by atoms with E-state index in [-0.39, 0.29) is 23.3 Å². The van der Waals surface area contributed by atoms with Crippen molar-refractivity contribution in [3.05, 3.63) is 48.5 Å². The van der Waals surface area contributed by atoms with E-state index in [4.69, 9.17) is 10.2 Å². The van der Waals surface area contributed by atoms with Crippen molar-refractivity contribution in [3.8, 4) is 11.5 Å². The molecular formula is C25H36N2O4. The van der Waals surface area contributed by atoms with E-state index in [1.807, 2.05) is 6.92 Å². The summed E-state index contributed by atoms with van der Waals surface area (Å²) >= 11 is 0. The fourth-order valence-corrected chi connectivity index (χ4v) is 2.83. The molecular weight excluding hydrogens is 392 g/mol. The van der Waals surface area contributed by atoms with E-state index in [9.17, 15) is 9.59 Å². The minimum absolute atomic E-state index is 0.00758. The zero-order chi connectivity index (χ0) is 22.9. The van der Waals surface area contributed by atoms with Crippen LogP contribution in [0.25, 0.3) is 0 Å². The summed E-state index contributed by atoms with van der Waals surface area (Å²) in [7, 11) is 0. The number of carbonyl (C=O) groups excluding carboxylic acids is 2. The summed E-state index contributed by atoms with van der Waals surface area (Å²) in [6.07, 6.45) is 9.06. The smallest absolute Gasteiger partial charge is 0.224 e. The number of hydrogen-bond donors (Lipinski definition) is 4. The van der Waals surface area contributed by atoms with Crippen molar-refractivity contribution in [1.29, 1.82) is 0 Å². The minimum Gasteiger partial charge on any atom is -0.508 e. The molecule has 0 aromatic heterocycles. The van der Waals surface area contributed by atoms with E-state index in [1.54, 1.807) is 48.5 Å². The second-order valence-corrected chi connectivity index (χ2v) is 7.46. The van der Waals surface area contributed by atoms with Gasteiger partial charge >= 0.3 is 0 Å². The number of nitrogens with one attached hydrogen (secondary N) is 2. The Labute approximate surface area is 185 Å². The van der Waals surface area contributed by atoms with Crippen molar-refractivity contribution in [3.63, 3.8) is 0 Å². The normalized spacial score (nSPS) is 10.0. The average molecular weight is 429 g/mol. The Kier molecular flexibility index (Phi) is 13.2. The van der Waals surface area contributed by atoms with Crippen molar-refractivity contribution in [2.45, 2.75) is 71.6 Å². The summed E-state index contributed by atoms with van der Waals surface area (Å²) in [6, 6.07) is 13.0. The van der Waals surface area contributed by atoms with Crippen molar-refractivity contribution >= 4 is 23.2 Å². The molecule has 0 heterocycles. The van der Waals surface area contributed by atoms with Crippen LogP contribution in [0.1, 0.15) is 71.6 Å². The van der Waals surface area contributed by atoms with E-state index in [1.165, 1.54) is 25.7 Å². The van der Waals surface area contributed by atoms with Crippen molar-refractivity contribution in [2.75, 3.05) is 10.6 Å². The molecule has 0 saturated carbocycles. The van der Waals surface area contributed by atoms with Gasteiger partial charge in [0.15, 0.2) is 0 Å². The molecule has 0 aliphatic heterocycles. The Balaban J connectivity index is 0.000000327. The van der Waals surface area contributed by atoms with Gasteiger partial charge in [-0.05, 0) is 61.4 Å². The maximum atomic E-state index is 11.6. The standard InChI is InChI=1S/C15H23NO2.C10H13NO2/c1-2-3-4-5-6-7-8-15(18)16-13-9-11-14(17)12-10-13;1-2-3-10(13)11-8-4-6-9(12)7-5-8/h9-12,17H,2-8H2,1H3,(H,16,18);4-7,12H,2-3H2,1H3,(H,11,13). The van der Waals surface area contributed by atoms with E-state index in [0.717, 1.165) is 30.6 Å². The molecule has 0 radical (unpaired) electrons. The van der Waals surface area contributed by atoms with Crippen LogP contribution in [-0.2, 0) is 9.59 Å². The van der Waals surface area contributed by atoms with Crippen LogP contribution in [0.4, 0.5) is 11.4 Å². The lowest BCUT2D eigenvalue weighted by Crippen LogP contribution is -2.10. The molecule has 2 aromatic carbocycles. The van der Waals surface area contributed by atoms with Crippen LogP contribution in [0.3, 0.4) is 0 Å². The van der Waals surface area contributed by atoms with Gasteiger partial charge in [-0.2, -0.15) is 0 Å². The van der Waals surface area contributed by atoms with Crippen LogP contribution in [0.15, 0.2) is 48.5 Å². The van der Waals surface area contributed by atoms with Gasteiger partial charge in [0.05, 0.1) is 0 Å². The summed E-state index contributed by atoms with van der Waals surface area (Å²) in [5.41, 5.74) is 1.46. The van der Waals surface area contributed by atoms with Crippen molar-refractivity contribution in [1.82, 2.24) is 0 Å². The van der Waals surface area contributed by atoms with Crippen LogP contribution in [0.2, 0.25) is 0 Å². The first-order valence-electron chi connectivity index (χ1n) is 11.1. The van der Waals surface area contributed by atoms with Gasteiger partial charge in [-0.15, -0.1) is 0 Å². The molecule has 4 N–H and O–H groups in total. The molecule has 2 rings (SSSR count). The number of phenols is 2. The third-order valence-corrected chi connectivity index (χ3v) is 4.54. The SMILES string of the molecule is CCCC(=O)Nc1ccc(O)cc1.CCCCCCCCC(=O)Nc1ccc(O)cc1. The van der Waals surface area contributed by atoms with Gasteiger partial charge in [0.25, 0.3) is 0 Å². The molecule has 2 aromatic rings. The Bertz CT molecular complexity index is 758. The number of anilines is 2. The van der Waals surface area contributed by atoms with E-state index in [2.05, 4.69) is 17.6 Å². The largest absolute Gasteiger partial charge is 0.508 e. The van der Waals surface area contributed by atoms with E-state index >= 15 is 0 Å². The Hall–Kier alpha value is -3.02. The van der Waals surface area contributed by atoms with Crippen LogP contribution >= 0.6 is 0 Å². The summed E-state index contributed by atoms with van der Waals surface area (Å²) < 4.78 is 0. The number of amides is 2. The topological polar surface area (TPSA) is 98.7 Å². The maximum Gasteiger partial charge on any atom is 0.224 e. The second kappa shape index (κ2) is 15.8. The van der Waals surface area contributed by atoms with Crippen LogP contribution in [0.5, 0.6) is 11.5 Å². The zero-order valence-electron chi connectivity index (χ0n) is 18.7. The lowest BCUT2D eigenvalue weighted by atomic mass is 10.1. The van der Waals surface area contributed by atoms with Gasteiger partial charge in [-0.3, -0.25) is 9.59 Å². The molecule has 2 amide bonds. The lowest BCUT2D eigenvalue weighted by Gasteiger charge is -2.05. The first-order valence-corrected chi connectivity index (χ1v) is 11.1. The highest BCUT2D eigenvalue weighted by atomic mass is 16.3. The average Bonchev–Trinajstić information content (AvgIpc) is 2.75. The first kappa shape index (κ1) is 26.0. The van der Waals surface area contributed by atoms with Gasteiger partial charge in [-0.1, -0.05) is 46.0 Å². The maximum absolute atomic E-state index is 11.6. The molecule has 0 aliphatic carbocycles. The number of hydrogen-bond acceptors (Lipinski definition) is 4. The molecule has 31 heavy (non-hydrogen) atoms.